The molecule has 0 radical (unpaired) electrons. The van der Waals surface area contributed by atoms with Crippen LogP contribution in [0.5, 0.6) is 0 Å². The highest BCUT2D eigenvalue weighted by atomic mass is 16.6. The standard InChI is InChI=1S/C28H40O6/c1-14(19-13-26(4,31)15(2)24(30)33-19)16-8-9-17-21-18(10-12-25(16,17)3)27(5)20(29)7-6-11-28(27,32)23-22(21)34-23/h6-7,14-19,21-23,31-32H,8-13H2,1-5H3. The highest BCUT2D eigenvalue weighted by Crippen LogP contribution is 2.71. The van der Waals surface area contributed by atoms with Crippen molar-refractivity contribution in [3.63, 3.8) is 0 Å². The predicted molar refractivity (Wildman–Crippen MR) is 124 cm³/mol. The summed E-state index contributed by atoms with van der Waals surface area (Å²) in [6, 6.07) is 0. The van der Waals surface area contributed by atoms with Gasteiger partial charge < -0.3 is 19.7 Å². The Morgan fingerprint density at radius 3 is 2.53 bits per heavy atom. The molecule has 13 atom stereocenters. The van der Waals surface area contributed by atoms with Crippen LogP contribution in [0, 0.1) is 46.3 Å². The Kier molecular flexibility index (Phi) is 4.74. The SMILES string of the molecule is CC(C1CC(C)(O)C(C)C(=O)O1)C1CCC2C3C4OC4C4(O)CC=CC(=O)C4(C)C3CCC12C. The van der Waals surface area contributed by atoms with Crippen LogP contribution in [0.15, 0.2) is 12.2 Å². The van der Waals surface area contributed by atoms with E-state index in [1.165, 1.54) is 0 Å². The van der Waals surface area contributed by atoms with Gasteiger partial charge in [0.15, 0.2) is 5.78 Å². The van der Waals surface area contributed by atoms with Crippen LogP contribution in [0.1, 0.15) is 73.1 Å². The molecule has 13 unspecified atom stereocenters. The first-order chi connectivity index (χ1) is 15.9. The van der Waals surface area contributed by atoms with Gasteiger partial charge in [0.25, 0.3) is 0 Å². The maximum atomic E-state index is 13.3. The van der Waals surface area contributed by atoms with Crippen molar-refractivity contribution < 1.29 is 29.3 Å². The van der Waals surface area contributed by atoms with Crippen molar-refractivity contribution in [3.05, 3.63) is 12.2 Å². The van der Waals surface area contributed by atoms with Gasteiger partial charge in [-0.25, -0.2) is 0 Å². The molecule has 34 heavy (non-hydrogen) atoms. The molecule has 4 aliphatic carbocycles. The molecule has 188 valence electrons. The van der Waals surface area contributed by atoms with Gasteiger partial charge in [-0.3, -0.25) is 9.59 Å². The molecule has 3 saturated carbocycles. The van der Waals surface area contributed by atoms with Gasteiger partial charge >= 0.3 is 5.97 Å². The van der Waals surface area contributed by atoms with Crippen molar-refractivity contribution in [3.8, 4) is 0 Å². The van der Waals surface area contributed by atoms with E-state index < -0.39 is 22.5 Å². The zero-order valence-corrected chi connectivity index (χ0v) is 21.1. The lowest BCUT2D eigenvalue weighted by atomic mass is 9.43. The van der Waals surface area contributed by atoms with E-state index in [0.717, 1.165) is 25.7 Å². The molecule has 0 aromatic heterocycles. The summed E-state index contributed by atoms with van der Waals surface area (Å²) in [4.78, 5) is 25.8. The van der Waals surface area contributed by atoms with Crippen LogP contribution in [0.4, 0.5) is 0 Å². The summed E-state index contributed by atoms with van der Waals surface area (Å²) in [6.07, 6.45) is 8.03. The summed E-state index contributed by atoms with van der Waals surface area (Å²) >= 11 is 0. The first kappa shape index (κ1) is 23.2. The van der Waals surface area contributed by atoms with Crippen LogP contribution in [0.25, 0.3) is 0 Å². The number of esters is 1. The molecule has 2 heterocycles. The molecule has 6 nitrogen and oxygen atoms in total. The first-order valence-electron chi connectivity index (χ1n) is 13.4. The van der Waals surface area contributed by atoms with Gasteiger partial charge in [0.2, 0.25) is 0 Å². The minimum absolute atomic E-state index is 0.0372. The molecule has 6 heteroatoms. The smallest absolute Gasteiger partial charge is 0.311 e. The topological polar surface area (TPSA) is 96.4 Å². The number of ether oxygens (including phenoxy) is 2. The third-order valence-corrected chi connectivity index (χ3v) is 12.0. The fourth-order valence-electron chi connectivity index (χ4n) is 9.57. The lowest BCUT2D eigenvalue weighted by Gasteiger charge is -2.60. The number of cyclic esters (lactones) is 1. The van der Waals surface area contributed by atoms with Crippen LogP contribution < -0.4 is 0 Å². The van der Waals surface area contributed by atoms with Crippen LogP contribution in [-0.4, -0.2) is 51.5 Å². The predicted octanol–water partition coefficient (Wildman–Crippen LogP) is 3.43. The molecule has 0 bridgehead atoms. The number of epoxide rings is 1. The van der Waals surface area contributed by atoms with Gasteiger partial charge in [-0.1, -0.05) is 19.9 Å². The highest BCUT2D eigenvalue weighted by molar-refractivity contribution is 5.97. The van der Waals surface area contributed by atoms with E-state index >= 15 is 0 Å². The molecule has 5 fully saturated rings. The van der Waals surface area contributed by atoms with E-state index in [1.807, 2.05) is 13.0 Å². The number of allylic oxidation sites excluding steroid dienone is 1. The molecule has 6 rings (SSSR count). The van der Waals surface area contributed by atoms with Crippen molar-refractivity contribution in [2.75, 3.05) is 0 Å². The lowest BCUT2D eigenvalue weighted by molar-refractivity contribution is -0.192. The van der Waals surface area contributed by atoms with Gasteiger partial charge in [-0.05, 0) is 94.0 Å². The van der Waals surface area contributed by atoms with Crippen molar-refractivity contribution in [1.82, 2.24) is 0 Å². The monoisotopic (exact) mass is 472 g/mol. The van der Waals surface area contributed by atoms with E-state index in [0.29, 0.717) is 24.7 Å². The summed E-state index contributed by atoms with van der Waals surface area (Å²) in [7, 11) is 0. The second-order valence-corrected chi connectivity index (χ2v) is 13.3. The van der Waals surface area contributed by atoms with Crippen molar-refractivity contribution in [1.29, 1.82) is 0 Å². The van der Waals surface area contributed by atoms with Crippen molar-refractivity contribution in [2.24, 2.45) is 46.3 Å². The Labute approximate surface area is 202 Å². The number of rotatable bonds is 2. The molecule has 0 amide bonds. The van der Waals surface area contributed by atoms with Gasteiger partial charge in [-0.2, -0.15) is 0 Å². The zero-order valence-electron chi connectivity index (χ0n) is 21.1. The molecule has 2 saturated heterocycles. The van der Waals surface area contributed by atoms with Crippen LogP contribution in [0.2, 0.25) is 0 Å². The molecule has 0 aromatic rings. The average Bonchev–Trinajstić information content (AvgIpc) is 3.50. The first-order valence-corrected chi connectivity index (χ1v) is 13.4. The summed E-state index contributed by atoms with van der Waals surface area (Å²) in [5.41, 5.74) is -2.86. The van der Waals surface area contributed by atoms with Crippen LogP contribution in [0.3, 0.4) is 0 Å². The second-order valence-electron chi connectivity index (χ2n) is 13.3. The molecule has 2 aliphatic heterocycles. The number of ketones is 1. The molecule has 0 spiro atoms. The van der Waals surface area contributed by atoms with E-state index in [-0.39, 0.29) is 53.2 Å². The summed E-state index contributed by atoms with van der Waals surface area (Å²) in [5.74, 6) is 0.613. The normalized spacial score (nSPS) is 58.8. The Morgan fingerprint density at radius 1 is 1.09 bits per heavy atom. The average molecular weight is 473 g/mol. The van der Waals surface area contributed by atoms with Crippen molar-refractivity contribution in [2.45, 2.75) is 103 Å². The molecular weight excluding hydrogens is 432 g/mol. The molecular formula is C28H40O6. The van der Waals surface area contributed by atoms with Gasteiger partial charge in [-0.15, -0.1) is 0 Å². The zero-order chi connectivity index (χ0) is 24.4. The Hall–Kier alpha value is -1.24. The summed E-state index contributed by atoms with van der Waals surface area (Å²) in [5, 5.41) is 22.6. The summed E-state index contributed by atoms with van der Waals surface area (Å²) < 4.78 is 12.1. The number of fused-ring (bicyclic) bond motifs is 8. The summed E-state index contributed by atoms with van der Waals surface area (Å²) in [6.45, 7) is 10.1. The van der Waals surface area contributed by atoms with E-state index in [1.54, 1.807) is 19.9 Å². The maximum Gasteiger partial charge on any atom is 0.311 e. The number of hydrogen-bond donors (Lipinski definition) is 2. The quantitative estimate of drug-likeness (QED) is 0.472. The van der Waals surface area contributed by atoms with Crippen LogP contribution >= 0.6 is 0 Å². The Bertz CT molecular complexity index is 957. The Balaban J connectivity index is 1.29. The third-order valence-electron chi connectivity index (χ3n) is 12.0. The molecule has 0 aromatic carbocycles. The number of aliphatic hydroxyl groups is 2. The number of carbonyl (C=O) groups excluding carboxylic acids is 2. The largest absolute Gasteiger partial charge is 0.462 e. The van der Waals surface area contributed by atoms with Gasteiger partial charge in [0.1, 0.15) is 17.8 Å². The van der Waals surface area contributed by atoms with Crippen LogP contribution in [-0.2, 0) is 19.1 Å². The fraction of sp³-hybridized carbons (Fsp3) is 0.857. The number of hydrogen-bond acceptors (Lipinski definition) is 6. The Morgan fingerprint density at radius 2 is 1.82 bits per heavy atom. The number of carbonyl (C=O) groups is 2. The lowest BCUT2D eigenvalue weighted by Crippen LogP contribution is -2.67. The second kappa shape index (κ2) is 6.95. The third kappa shape index (κ3) is 2.68. The van der Waals surface area contributed by atoms with E-state index in [9.17, 15) is 19.8 Å². The van der Waals surface area contributed by atoms with Gasteiger partial charge in [0.05, 0.1) is 23.0 Å². The van der Waals surface area contributed by atoms with Gasteiger partial charge in [0, 0.05) is 6.42 Å². The minimum atomic E-state index is -1.09. The van der Waals surface area contributed by atoms with E-state index in [4.69, 9.17) is 9.47 Å². The fourth-order valence-corrected chi connectivity index (χ4v) is 9.57. The molecule has 2 N–H and O–H groups in total. The highest BCUT2D eigenvalue weighted by Gasteiger charge is 2.77. The van der Waals surface area contributed by atoms with Crippen molar-refractivity contribution >= 4 is 11.8 Å². The maximum absolute atomic E-state index is 13.3. The minimum Gasteiger partial charge on any atom is -0.462 e. The molecule has 6 aliphatic rings. The van der Waals surface area contributed by atoms with E-state index in [2.05, 4.69) is 13.8 Å².